The maximum absolute atomic E-state index is 10.7. The van der Waals surface area contributed by atoms with Gasteiger partial charge in [-0.25, -0.2) is 4.79 Å². The Kier molecular flexibility index (Phi) is 7.96. The molecule has 3 heteroatoms. The van der Waals surface area contributed by atoms with Crippen LogP contribution >= 0.6 is 0 Å². The van der Waals surface area contributed by atoms with Crippen LogP contribution in [0.2, 0.25) is 0 Å². The molecule has 1 unspecified atom stereocenters. The number of aliphatic hydroxyl groups excluding tert-OH is 1. The van der Waals surface area contributed by atoms with Gasteiger partial charge in [0.2, 0.25) is 0 Å². The molecular weight excluding hydrogens is 180 g/mol. The Morgan fingerprint density at radius 1 is 1.43 bits per heavy atom. The number of hydrogen-bond acceptors (Lipinski definition) is 3. The number of carbonyl (C=O) groups excluding carboxylic acids is 1. The second-order valence-electron chi connectivity index (χ2n) is 3.19. The molecule has 0 aliphatic rings. The first-order valence-electron chi connectivity index (χ1n) is 5.05. The molecule has 1 N–H and O–H groups in total. The summed E-state index contributed by atoms with van der Waals surface area (Å²) in [6, 6.07) is 0. The van der Waals surface area contributed by atoms with E-state index in [-0.39, 0.29) is 0 Å². The maximum Gasteiger partial charge on any atom is 0.348 e. The molecule has 1 atom stereocenters. The molecule has 0 saturated carbocycles. The van der Waals surface area contributed by atoms with Gasteiger partial charge in [0.05, 0.1) is 0 Å². The van der Waals surface area contributed by atoms with Crippen LogP contribution < -0.4 is 0 Å². The molecule has 0 rings (SSSR count). The largest absolute Gasteiger partial charge is 0.382 e. The summed E-state index contributed by atoms with van der Waals surface area (Å²) in [6.07, 6.45) is 6.55. The SMILES string of the molecule is CCCCCCC#COC(=O)C(C)O. The fraction of sp³-hybridized carbons (Fsp3) is 0.727. The predicted molar refractivity (Wildman–Crippen MR) is 54.3 cm³/mol. The molecule has 3 nitrogen and oxygen atoms in total. The van der Waals surface area contributed by atoms with Gasteiger partial charge in [0.25, 0.3) is 0 Å². The molecule has 0 aromatic rings. The number of aliphatic hydroxyl groups is 1. The van der Waals surface area contributed by atoms with Crippen LogP contribution in [-0.4, -0.2) is 17.2 Å². The number of carbonyl (C=O) groups is 1. The van der Waals surface area contributed by atoms with Crippen molar-refractivity contribution in [3.8, 4) is 12.0 Å². The second kappa shape index (κ2) is 8.58. The van der Waals surface area contributed by atoms with Crippen molar-refractivity contribution in [3.05, 3.63) is 0 Å². The van der Waals surface area contributed by atoms with E-state index in [1.54, 1.807) is 0 Å². The monoisotopic (exact) mass is 198 g/mol. The van der Waals surface area contributed by atoms with E-state index in [9.17, 15) is 4.79 Å². The van der Waals surface area contributed by atoms with Crippen LogP contribution in [0, 0.1) is 12.0 Å². The van der Waals surface area contributed by atoms with Gasteiger partial charge >= 0.3 is 5.97 Å². The van der Waals surface area contributed by atoms with Gasteiger partial charge in [0.15, 0.2) is 0 Å². The van der Waals surface area contributed by atoms with E-state index in [0.29, 0.717) is 0 Å². The fourth-order valence-corrected chi connectivity index (χ4v) is 0.863. The molecule has 0 aromatic carbocycles. The minimum atomic E-state index is -1.09. The number of unbranched alkanes of at least 4 members (excludes halogenated alkanes) is 4. The average Bonchev–Trinajstić information content (AvgIpc) is 2.16. The topological polar surface area (TPSA) is 46.5 Å². The van der Waals surface area contributed by atoms with Crippen molar-refractivity contribution < 1.29 is 14.6 Å². The third-order valence-electron chi connectivity index (χ3n) is 1.72. The van der Waals surface area contributed by atoms with Crippen molar-refractivity contribution in [1.82, 2.24) is 0 Å². The minimum Gasteiger partial charge on any atom is -0.382 e. The lowest BCUT2D eigenvalue weighted by Crippen LogP contribution is -2.16. The smallest absolute Gasteiger partial charge is 0.348 e. The standard InChI is InChI=1S/C11H18O3/c1-3-4-5-6-7-8-9-14-11(13)10(2)12/h10,12H,3-7H2,1-2H3. The van der Waals surface area contributed by atoms with Crippen molar-refractivity contribution in [2.45, 2.75) is 52.1 Å². The van der Waals surface area contributed by atoms with Crippen molar-refractivity contribution in [2.75, 3.05) is 0 Å². The zero-order valence-electron chi connectivity index (χ0n) is 8.88. The van der Waals surface area contributed by atoms with Gasteiger partial charge in [-0.15, -0.1) is 0 Å². The summed E-state index contributed by atoms with van der Waals surface area (Å²) >= 11 is 0. The maximum atomic E-state index is 10.7. The zero-order chi connectivity index (χ0) is 10.8. The third kappa shape index (κ3) is 7.63. The van der Waals surface area contributed by atoms with E-state index in [0.717, 1.165) is 19.3 Å². The summed E-state index contributed by atoms with van der Waals surface area (Å²) in [5.41, 5.74) is 0. The van der Waals surface area contributed by atoms with E-state index >= 15 is 0 Å². The fourth-order valence-electron chi connectivity index (χ4n) is 0.863. The molecule has 80 valence electrons. The highest BCUT2D eigenvalue weighted by Gasteiger charge is 2.07. The van der Waals surface area contributed by atoms with Crippen molar-refractivity contribution in [2.24, 2.45) is 0 Å². The van der Waals surface area contributed by atoms with Crippen LogP contribution in [0.3, 0.4) is 0 Å². The molecule has 0 amide bonds. The highest BCUT2D eigenvalue weighted by molar-refractivity contribution is 5.74. The van der Waals surface area contributed by atoms with Crippen LogP contribution in [0.4, 0.5) is 0 Å². The highest BCUT2D eigenvalue weighted by atomic mass is 16.5. The zero-order valence-corrected chi connectivity index (χ0v) is 8.88. The van der Waals surface area contributed by atoms with E-state index in [1.807, 2.05) is 0 Å². The first-order valence-corrected chi connectivity index (χ1v) is 5.05. The third-order valence-corrected chi connectivity index (χ3v) is 1.72. The lowest BCUT2D eigenvalue weighted by atomic mass is 10.2. The molecule has 0 heterocycles. The summed E-state index contributed by atoms with van der Waals surface area (Å²) in [5, 5.41) is 8.75. The minimum absolute atomic E-state index is 0.689. The van der Waals surface area contributed by atoms with E-state index in [4.69, 9.17) is 5.11 Å². The van der Waals surface area contributed by atoms with Gasteiger partial charge in [0, 0.05) is 6.42 Å². The van der Waals surface area contributed by atoms with Gasteiger partial charge in [-0.2, -0.15) is 0 Å². The Balaban J connectivity index is 3.40. The number of esters is 1. The Bertz CT molecular complexity index is 210. The van der Waals surface area contributed by atoms with E-state index in [2.05, 4.69) is 23.7 Å². The number of hydrogen-bond donors (Lipinski definition) is 1. The summed E-state index contributed by atoms with van der Waals surface area (Å²) in [6.45, 7) is 3.50. The normalized spacial score (nSPS) is 11.4. The molecule has 0 spiro atoms. The lowest BCUT2D eigenvalue weighted by Gasteiger charge is -1.97. The Labute approximate surface area is 85.5 Å². The Morgan fingerprint density at radius 2 is 2.14 bits per heavy atom. The van der Waals surface area contributed by atoms with Crippen molar-refractivity contribution in [3.63, 3.8) is 0 Å². The molecule has 0 aliphatic carbocycles. The van der Waals surface area contributed by atoms with E-state index in [1.165, 1.54) is 19.8 Å². The van der Waals surface area contributed by atoms with Crippen LogP contribution in [-0.2, 0) is 9.53 Å². The molecular formula is C11H18O3. The van der Waals surface area contributed by atoms with Crippen LogP contribution in [0.5, 0.6) is 0 Å². The van der Waals surface area contributed by atoms with Gasteiger partial charge in [-0.05, 0) is 13.3 Å². The molecule has 0 bridgehead atoms. The first kappa shape index (κ1) is 13.0. The summed E-state index contributed by atoms with van der Waals surface area (Å²) < 4.78 is 4.46. The van der Waals surface area contributed by atoms with Gasteiger partial charge < -0.3 is 9.84 Å². The second-order valence-corrected chi connectivity index (χ2v) is 3.19. The average molecular weight is 198 g/mol. The van der Waals surface area contributed by atoms with Crippen LogP contribution in [0.25, 0.3) is 0 Å². The summed E-state index contributed by atoms with van der Waals surface area (Å²) in [5.74, 6) is 2.04. The molecule has 0 fully saturated rings. The lowest BCUT2D eigenvalue weighted by molar-refractivity contribution is -0.145. The van der Waals surface area contributed by atoms with Crippen molar-refractivity contribution in [1.29, 1.82) is 0 Å². The van der Waals surface area contributed by atoms with E-state index < -0.39 is 12.1 Å². The Hall–Kier alpha value is -1.01. The number of ether oxygens (including phenoxy) is 1. The van der Waals surface area contributed by atoms with Gasteiger partial charge in [-0.3, -0.25) is 0 Å². The first-order chi connectivity index (χ1) is 6.68. The van der Waals surface area contributed by atoms with Crippen molar-refractivity contribution >= 4 is 5.97 Å². The van der Waals surface area contributed by atoms with Gasteiger partial charge in [0.1, 0.15) is 12.2 Å². The summed E-state index contributed by atoms with van der Waals surface area (Å²) in [7, 11) is 0. The molecule has 14 heavy (non-hydrogen) atoms. The predicted octanol–water partition coefficient (Wildman–Crippen LogP) is 1.84. The van der Waals surface area contributed by atoms with Crippen LogP contribution in [0.1, 0.15) is 46.0 Å². The molecule has 0 saturated heterocycles. The summed E-state index contributed by atoms with van der Waals surface area (Å²) in [4.78, 5) is 10.7. The molecule has 0 aliphatic heterocycles. The highest BCUT2D eigenvalue weighted by Crippen LogP contribution is 2.00. The molecule has 0 radical (unpaired) electrons. The molecule has 0 aromatic heterocycles. The van der Waals surface area contributed by atoms with Crippen LogP contribution in [0.15, 0.2) is 0 Å². The number of rotatable bonds is 5. The van der Waals surface area contributed by atoms with Gasteiger partial charge in [-0.1, -0.05) is 32.1 Å². The quantitative estimate of drug-likeness (QED) is 0.416. The Morgan fingerprint density at radius 3 is 2.71 bits per heavy atom.